The highest BCUT2D eigenvalue weighted by molar-refractivity contribution is 6.31. The largest absolute Gasteiger partial charge is 0.502 e. The number of halogens is 4. The smallest absolute Gasteiger partial charge is 0.277 e. The summed E-state index contributed by atoms with van der Waals surface area (Å²) in [6.07, 6.45) is -1.36. The number of pyridine rings is 2. The summed E-state index contributed by atoms with van der Waals surface area (Å²) < 4.78 is 41.8. The quantitative estimate of drug-likeness (QED) is 0.200. The lowest BCUT2D eigenvalue weighted by Gasteiger charge is -2.35. The monoisotopic (exact) mass is 872 g/mol. The Kier molecular flexibility index (Phi) is 11.2. The van der Waals surface area contributed by atoms with Crippen LogP contribution >= 0.6 is 23.2 Å². The number of nitrogens with one attached hydrogen (secondary N) is 2. The van der Waals surface area contributed by atoms with Gasteiger partial charge >= 0.3 is 0 Å². The van der Waals surface area contributed by atoms with Crippen LogP contribution in [0.15, 0.2) is 46.0 Å². The zero-order chi connectivity index (χ0) is 43.5. The predicted octanol–water partition coefficient (Wildman–Crippen LogP) is 1.92. The van der Waals surface area contributed by atoms with Gasteiger partial charge in [0.1, 0.15) is 48.3 Å². The first-order chi connectivity index (χ1) is 28.5. The Morgan fingerprint density at radius 3 is 1.42 bits per heavy atom. The maximum absolute atomic E-state index is 14.1. The van der Waals surface area contributed by atoms with Crippen molar-refractivity contribution in [3.8, 4) is 11.5 Å². The molecule has 2 aromatic heterocycles. The van der Waals surface area contributed by atoms with Gasteiger partial charge in [0.15, 0.2) is 22.9 Å². The van der Waals surface area contributed by atoms with Gasteiger partial charge in [-0.3, -0.25) is 38.8 Å². The van der Waals surface area contributed by atoms with Gasteiger partial charge in [-0.1, -0.05) is 47.5 Å². The van der Waals surface area contributed by atoms with Crippen molar-refractivity contribution >= 4 is 46.8 Å². The van der Waals surface area contributed by atoms with E-state index in [2.05, 4.69) is 10.6 Å². The third kappa shape index (κ3) is 6.83. The zero-order valence-electron chi connectivity index (χ0n) is 32.2. The molecule has 8 rings (SSSR count). The van der Waals surface area contributed by atoms with Crippen LogP contribution in [0.4, 0.5) is 8.78 Å². The number of benzene rings is 2. The van der Waals surface area contributed by atoms with Gasteiger partial charge < -0.3 is 40.1 Å². The van der Waals surface area contributed by atoms with E-state index in [1.54, 1.807) is 10.0 Å². The first kappa shape index (κ1) is 41.9. The molecule has 0 aliphatic carbocycles. The second-order valence-electron chi connectivity index (χ2n) is 14.1. The molecule has 4 amide bonds. The average molecular weight is 874 g/mol. The van der Waals surface area contributed by atoms with Gasteiger partial charge in [0.2, 0.25) is 10.9 Å². The molecular weight excluding hydrogens is 837 g/mol. The molecule has 0 unspecified atom stereocenters. The second-order valence-corrected chi connectivity index (χ2v) is 14.9. The maximum Gasteiger partial charge on any atom is 0.277 e. The first-order valence-electron chi connectivity index (χ1n) is 18.0. The van der Waals surface area contributed by atoms with Crippen molar-refractivity contribution in [3.05, 3.63) is 124 Å². The molecule has 4 aliphatic heterocycles. The number of aromatic hydroxyl groups is 2. The van der Waals surface area contributed by atoms with E-state index in [1.165, 1.54) is 83.9 Å². The van der Waals surface area contributed by atoms with E-state index in [0.29, 0.717) is 0 Å². The van der Waals surface area contributed by atoms with Crippen molar-refractivity contribution in [1.82, 2.24) is 29.8 Å². The molecule has 4 aliphatic rings. The fraction of sp³-hybridized carbons (Fsp3) is 0.316. The van der Waals surface area contributed by atoms with Crippen molar-refractivity contribution in [3.63, 3.8) is 0 Å². The Morgan fingerprint density at radius 2 is 1.07 bits per heavy atom. The van der Waals surface area contributed by atoms with E-state index in [0.717, 1.165) is 0 Å². The van der Waals surface area contributed by atoms with E-state index in [-0.39, 0.29) is 94.6 Å². The van der Waals surface area contributed by atoms with Gasteiger partial charge in [-0.15, -0.1) is 0 Å². The summed E-state index contributed by atoms with van der Waals surface area (Å²) in [6, 6.07) is 8.73. The van der Waals surface area contributed by atoms with Gasteiger partial charge in [0.05, 0.1) is 34.5 Å². The van der Waals surface area contributed by atoms with Crippen molar-refractivity contribution in [2.45, 2.75) is 25.3 Å². The van der Waals surface area contributed by atoms with Crippen molar-refractivity contribution in [1.29, 1.82) is 0 Å². The van der Waals surface area contributed by atoms with Crippen LogP contribution in [0, 0.1) is 11.6 Å². The van der Waals surface area contributed by atoms with E-state index >= 15 is 0 Å². The van der Waals surface area contributed by atoms with Crippen LogP contribution in [0.1, 0.15) is 76.4 Å². The van der Waals surface area contributed by atoms with Crippen LogP contribution < -0.4 is 31.5 Å². The molecule has 0 bridgehead atoms. The number of ether oxygens (including phenoxy) is 2. The Balaban J connectivity index is 0.000000181. The molecule has 6 heterocycles. The average Bonchev–Trinajstić information content (AvgIpc) is 3.76. The highest BCUT2D eigenvalue weighted by atomic mass is 35.5. The fourth-order valence-corrected chi connectivity index (χ4v) is 7.94. The van der Waals surface area contributed by atoms with E-state index in [9.17, 15) is 47.8 Å². The molecule has 0 spiro atoms. The lowest BCUT2D eigenvalue weighted by Crippen LogP contribution is -2.51. The molecule has 22 heteroatoms. The molecule has 4 N–H and O–H groups in total. The highest BCUT2D eigenvalue weighted by Crippen LogP contribution is 2.36. The first-order valence-corrected chi connectivity index (χ1v) is 18.8. The topological polar surface area (TPSA) is 208 Å². The summed E-state index contributed by atoms with van der Waals surface area (Å²) in [5.41, 5.74) is -2.54. The molecule has 60 heavy (non-hydrogen) atoms. The molecule has 0 radical (unpaired) electrons. The minimum absolute atomic E-state index is 0.0930. The van der Waals surface area contributed by atoms with E-state index in [4.69, 9.17) is 32.7 Å². The summed E-state index contributed by atoms with van der Waals surface area (Å²) in [4.78, 5) is 79.4. The second kappa shape index (κ2) is 16.1. The number of carbonyl (C=O) groups excluding carboxylic acids is 4. The Bertz CT molecular complexity index is 2450. The standard InChI is InChI=1S/2C19H18ClFN4O5/c2*1-23-8-24-7-11(30-2)14-12(16(26)17(27)15(19(23)29)25(14)24)18(28)22-6-9-4-3-5-10(20)13(9)21/h2*3-5,11,27H,6-8H2,1-2H3,(H,22,28)/t2*11-/m10/s1. The predicted molar refractivity (Wildman–Crippen MR) is 209 cm³/mol. The molecule has 0 saturated heterocycles. The molecule has 316 valence electrons. The summed E-state index contributed by atoms with van der Waals surface area (Å²) in [6.45, 7) is 0.470. The Hall–Kier alpha value is -6.22. The number of amides is 4. The number of rotatable bonds is 8. The van der Waals surface area contributed by atoms with Crippen LogP contribution in [0.5, 0.6) is 11.5 Å². The lowest BCUT2D eigenvalue weighted by atomic mass is 10.1. The normalized spacial score (nSPS) is 17.3. The number of methoxy groups -OCH3 is 2. The van der Waals surface area contributed by atoms with Gasteiger partial charge in [0.25, 0.3) is 23.6 Å². The lowest BCUT2D eigenvalue weighted by molar-refractivity contribution is 0.0727. The number of hydrogen-bond acceptors (Lipinski definition) is 12. The molecule has 0 saturated carbocycles. The molecule has 4 aromatic rings. The van der Waals surface area contributed by atoms with Gasteiger partial charge in [-0.2, -0.15) is 0 Å². The molecule has 2 aromatic carbocycles. The van der Waals surface area contributed by atoms with Crippen molar-refractivity contribution < 1.29 is 47.6 Å². The number of aromatic nitrogens is 2. The maximum atomic E-state index is 14.1. The van der Waals surface area contributed by atoms with Gasteiger partial charge in [-0.05, 0) is 12.1 Å². The van der Waals surface area contributed by atoms with Crippen LogP contribution in [0.25, 0.3) is 0 Å². The molecule has 18 nitrogen and oxygen atoms in total. The number of hydrogen-bond donors (Lipinski definition) is 4. The number of carbonyl (C=O) groups is 4. The van der Waals surface area contributed by atoms with Crippen molar-refractivity contribution in [2.24, 2.45) is 0 Å². The molecular formula is C38H36Cl2F2N8O10. The van der Waals surface area contributed by atoms with Gasteiger partial charge in [0, 0.05) is 52.5 Å². The molecule has 2 atom stereocenters. The zero-order valence-corrected chi connectivity index (χ0v) is 33.7. The Morgan fingerprint density at radius 1 is 0.700 bits per heavy atom. The summed E-state index contributed by atoms with van der Waals surface area (Å²) in [7, 11) is 5.91. The Labute approximate surface area is 348 Å². The van der Waals surface area contributed by atoms with Gasteiger partial charge in [-0.25, -0.2) is 18.1 Å². The summed E-state index contributed by atoms with van der Waals surface area (Å²) in [5.74, 6) is -5.75. The summed E-state index contributed by atoms with van der Waals surface area (Å²) in [5, 5.41) is 29.1. The van der Waals surface area contributed by atoms with E-state index in [1.807, 2.05) is 0 Å². The minimum atomic E-state index is -0.993. The minimum Gasteiger partial charge on any atom is -0.502 e. The molecule has 0 fully saturated rings. The van der Waals surface area contributed by atoms with Crippen LogP contribution in [0.3, 0.4) is 0 Å². The highest BCUT2D eigenvalue weighted by Gasteiger charge is 2.45. The van der Waals surface area contributed by atoms with Crippen LogP contribution in [-0.2, 0) is 22.6 Å². The SMILES string of the molecule is CO[C@@H]1CN2CN(C)C(=O)c3c(O)c(=O)c(C(=O)NCc4cccc(Cl)c4F)c1n32.CO[C@H]1CN2CN(C)C(=O)c3c(O)c(=O)c(C(=O)NCc4cccc(Cl)c4F)c1n32. The van der Waals surface area contributed by atoms with E-state index < -0.39 is 69.8 Å². The van der Waals surface area contributed by atoms with Crippen LogP contribution in [0.2, 0.25) is 10.0 Å². The van der Waals surface area contributed by atoms with Crippen molar-refractivity contribution in [2.75, 3.05) is 64.8 Å². The van der Waals surface area contributed by atoms with Crippen LogP contribution in [-0.4, -0.2) is 108 Å². The number of nitrogens with zero attached hydrogens (tertiary/aromatic N) is 6. The third-order valence-corrected chi connectivity index (χ3v) is 11.1. The summed E-state index contributed by atoms with van der Waals surface area (Å²) >= 11 is 11.5. The fourth-order valence-electron chi connectivity index (χ4n) is 7.55. The third-order valence-electron chi connectivity index (χ3n) is 10.5.